The third-order valence-electron chi connectivity index (χ3n) is 4.73. The van der Waals surface area contributed by atoms with Crippen LogP contribution in [-0.2, 0) is 19.7 Å². The van der Waals surface area contributed by atoms with Gasteiger partial charge in [-0.2, -0.15) is 0 Å². The van der Waals surface area contributed by atoms with Gasteiger partial charge in [0.05, 0.1) is 5.41 Å². The number of carbonyl (C=O) groups excluding carboxylic acids is 2. The quantitative estimate of drug-likeness (QED) is 0.821. The number of anilines is 1. The number of methoxy groups -OCH3 is 1. The van der Waals surface area contributed by atoms with Crippen LogP contribution >= 0.6 is 0 Å². The van der Waals surface area contributed by atoms with E-state index in [0.717, 1.165) is 11.3 Å². The Hall–Kier alpha value is -1.88. The van der Waals surface area contributed by atoms with Crippen molar-refractivity contribution in [1.82, 2.24) is 4.90 Å². The van der Waals surface area contributed by atoms with E-state index in [1.165, 1.54) is 7.11 Å². The Balaban J connectivity index is 1.85. The highest BCUT2D eigenvalue weighted by Crippen LogP contribution is 2.47. The Kier molecular flexibility index (Phi) is 3.45. The minimum atomic E-state index is -0.449. The van der Waals surface area contributed by atoms with Gasteiger partial charge >= 0.3 is 0 Å². The van der Waals surface area contributed by atoms with Crippen LogP contribution in [0.2, 0.25) is 0 Å². The Bertz CT molecular complexity index is 577. The van der Waals surface area contributed by atoms with Gasteiger partial charge in [0.1, 0.15) is 6.61 Å². The summed E-state index contributed by atoms with van der Waals surface area (Å²) in [6.45, 7) is 1.32. The first-order chi connectivity index (χ1) is 10.1. The topological polar surface area (TPSA) is 49.9 Å². The second-order valence-corrected chi connectivity index (χ2v) is 5.78. The standard InChI is InChI=1S/C16H20N2O3/c1-17-13-6-4-3-5-12(13)16(15(17)20)7-9-18(10-8-16)14(19)11-21-2/h3-6H,7-11H2,1-2H3. The van der Waals surface area contributed by atoms with Gasteiger partial charge in [-0.25, -0.2) is 0 Å². The minimum absolute atomic E-state index is 0.000523. The number of fused-ring (bicyclic) bond motifs is 2. The fourth-order valence-corrected chi connectivity index (χ4v) is 3.55. The molecule has 0 aliphatic carbocycles. The van der Waals surface area contributed by atoms with E-state index in [9.17, 15) is 9.59 Å². The summed E-state index contributed by atoms with van der Waals surface area (Å²) < 4.78 is 4.90. The molecule has 1 aromatic rings. The molecule has 0 unspecified atom stereocenters. The molecule has 112 valence electrons. The molecule has 21 heavy (non-hydrogen) atoms. The summed E-state index contributed by atoms with van der Waals surface area (Å²) in [5.41, 5.74) is 1.66. The van der Waals surface area contributed by atoms with Crippen LogP contribution in [0.5, 0.6) is 0 Å². The van der Waals surface area contributed by atoms with Crippen molar-refractivity contribution in [3.63, 3.8) is 0 Å². The largest absolute Gasteiger partial charge is 0.375 e. The zero-order valence-electron chi connectivity index (χ0n) is 12.5. The van der Waals surface area contributed by atoms with Crippen molar-refractivity contribution in [2.45, 2.75) is 18.3 Å². The van der Waals surface area contributed by atoms with Gasteiger partial charge in [-0.3, -0.25) is 9.59 Å². The Morgan fingerprint density at radius 2 is 1.95 bits per heavy atom. The van der Waals surface area contributed by atoms with Crippen molar-refractivity contribution in [2.75, 3.05) is 38.8 Å². The highest BCUT2D eigenvalue weighted by Gasteiger charge is 2.51. The predicted molar refractivity (Wildman–Crippen MR) is 79.2 cm³/mol. The van der Waals surface area contributed by atoms with Gasteiger partial charge in [0, 0.05) is 32.9 Å². The lowest BCUT2D eigenvalue weighted by molar-refractivity contribution is -0.138. The van der Waals surface area contributed by atoms with Crippen LogP contribution in [0, 0.1) is 0 Å². The Morgan fingerprint density at radius 3 is 2.62 bits per heavy atom. The van der Waals surface area contributed by atoms with E-state index in [4.69, 9.17) is 4.74 Å². The summed E-state index contributed by atoms with van der Waals surface area (Å²) in [6, 6.07) is 7.97. The maximum Gasteiger partial charge on any atom is 0.248 e. The molecule has 0 atom stereocenters. The lowest BCUT2D eigenvalue weighted by Crippen LogP contribution is -2.50. The Morgan fingerprint density at radius 1 is 1.29 bits per heavy atom. The van der Waals surface area contributed by atoms with E-state index in [1.54, 1.807) is 9.80 Å². The molecular weight excluding hydrogens is 268 g/mol. The highest BCUT2D eigenvalue weighted by atomic mass is 16.5. The first kappa shape index (κ1) is 14.1. The number of hydrogen-bond donors (Lipinski definition) is 0. The molecule has 1 saturated heterocycles. The second-order valence-electron chi connectivity index (χ2n) is 5.78. The predicted octanol–water partition coefficient (Wildman–Crippen LogP) is 1.17. The van der Waals surface area contributed by atoms with E-state index >= 15 is 0 Å². The van der Waals surface area contributed by atoms with Crippen molar-refractivity contribution >= 4 is 17.5 Å². The number of amides is 2. The summed E-state index contributed by atoms with van der Waals surface area (Å²) in [7, 11) is 3.35. The van der Waals surface area contributed by atoms with Crippen molar-refractivity contribution < 1.29 is 14.3 Å². The zero-order valence-corrected chi connectivity index (χ0v) is 12.5. The molecule has 5 heteroatoms. The third kappa shape index (κ3) is 2.03. The monoisotopic (exact) mass is 288 g/mol. The van der Waals surface area contributed by atoms with Crippen LogP contribution in [0.4, 0.5) is 5.69 Å². The molecule has 2 heterocycles. The number of hydrogen-bond acceptors (Lipinski definition) is 3. The van der Waals surface area contributed by atoms with Crippen LogP contribution in [0.25, 0.3) is 0 Å². The smallest absolute Gasteiger partial charge is 0.248 e. The normalized spacial score (nSPS) is 20.0. The summed E-state index contributed by atoms with van der Waals surface area (Å²) in [5, 5.41) is 0. The SMILES string of the molecule is COCC(=O)N1CCC2(CC1)C(=O)N(C)c1ccccc12. The summed E-state index contributed by atoms with van der Waals surface area (Å²) >= 11 is 0. The molecule has 2 aliphatic heterocycles. The van der Waals surface area contributed by atoms with Crippen LogP contribution < -0.4 is 4.90 Å². The van der Waals surface area contributed by atoms with Gasteiger partial charge in [0.15, 0.2) is 0 Å². The van der Waals surface area contributed by atoms with Crippen molar-refractivity contribution in [1.29, 1.82) is 0 Å². The van der Waals surface area contributed by atoms with E-state index in [1.807, 2.05) is 31.3 Å². The van der Waals surface area contributed by atoms with Gasteiger partial charge < -0.3 is 14.5 Å². The van der Waals surface area contributed by atoms with E-state index in [2.05, 4.69) is 0 Å². The van der Waals surface area contributed by atoms with Gasteiger partial charge in [-0.15, -0.1) is 0 Å². The van der Waals surface area contributed by atoms with Crippen molar-refractivity contribution in [3.8, 4) is 0 Å². The molecule has 1 fully saturated rings. The first-order valence-electron chi connectivity index (χ1n) is 7.24. The number of piperidine rings is 1. The number of likely N-dealkylation sites (N-methyl/N-ethyl adjacent to an activating group) is 1. The first-order valence-corrected chi connectivity index (χ1v) is 7.24. The highest BCUT2D eigenvalue weighted by molar-refractivity contribution is 6.07. The van der Waals surface area contributed by atoms with Gasteiger partial charge in [-0.1, -0.05) is 18.2 Å². The van der Waals surface area contributed by atoms with Crippen molar-refractivity contribution in [2.24, 2.45) is 0 Å². The van der Waals surface area contributed by atoms with Gasteiger partial charge in [-0.05, 0) is 24.5 Å². The minimum Gasteiger partial charge on any atom is -0.375 e. The van der Waals surface area contributed by atoms with Crippen LogP contribution in [0.3, 0.4) is 0 Å². The number of nitrogens with zero attached hydrogens (tertiary/aromatic N) is 2. The molecule has 2 amide bonds. The lowest BCUT2D eigenvalue weighted by Gasteiger charge is -2.38. The molecule has 0 N–H and O–H groups in total. The fraction of sp³-hybridized carbons (Fsp3) is 0.500. The zero-order chi connectivity index (χ0) is 15.0. The second kappa shape index (κ2) is 5.15. The number of para-hydroxylation sites is 1. The maximum atomic E-state index is 12.7. The molecule has 0 aromatic heterocycles. The number of benzene rings is 1. The van der Waals surface area contributed by atoms with E-state index in [-0.39, 0.29) is 18.4 Å². The molecule has 0 radical (unpaired) electrons. The molecule has 2 aliphatic rings. The van der Waals surface area contributed by atoms with Crippen LogP contribution in [-0.4, -0.2) is 50.6 Å². The molecular formula is C16H20N2O3. The Labute approximate surface area is 124 Å². The van der Waals surface area contributed by atoms with Crippen molar-refractivity contribution in [3.05, 3.63) is 29.8 Å². The molecule has 1 spiro atoms. The fourth-order valence-electron chi connectivity index (χ4n) is 3.55. The van der Waals surface area contributed by atoms with E-state index < -0.39 is 5.41 Å². The number of likely N-dealkylation sites (tertiary alicyclic amines) is 1. The van der Waals surface area contributed by atoms with Gasteiger partial charge in [0.2, 0.25) is 11.8 Å². The molecule has 3 rings (SSSR count). The average Bonchev–Trinajstić information content (AvgIpc) is 2.72. The summed E-state index contributed by atoms with van der Waals surface area (Å²) in [4.78, 5) is 28.2. The number of carbonyl (C=O) groups is 2. The number of rotatable bonds is 2. The molecule has 0 saturated carbocycles. The van der Waals surface area contributed by atoms with E-state index in [0.29, 0.717) is 25.9 Å². The van der Waals surface area contributed by atoms with Gasteiger partial charge in [0.25, 0.3) is 0 Å². The maximum absolute atomic E-state index is 12.7. The molecule has 5 nitrogen and oxygen atoms in total. The lowest BCUT2D eigenvalue weighted by atomic mass is 9.73. The summed E-state index contributed by atoms with van der Waals surface area (Å²) in [5.74, 6) is 0.155. The number of ether oxygens (including phenoxy) is 1. The van der Waals surface area contributed by atoms with Crippen LogP contribution in [0.1, 0.15) is 18.4 Å². The average molecular weight is 288 g/mol. The molecule has 1 aromatic carbocycles. The van der Waals surface area contributed by atoms with Crippen LogP contribution in [0.15, 0.2) is 24.3 Å². The molecule has 0 bridgehead atoms. The summed E-state index contributed by atoms with van der Waals surface area (Å²) in [6.07, 6.45) is 1.37. The third-order valence-corrected chi connectivity index (χ3v) is 4.73.